The first-order chi connectivity index (χ1) is 7.45. The second-order valence-corrected chi connectivity index (χ2v) is 7.61. The molecule has 0 aromatic carbocycles. The van der Waals surface area contributed by atoms with Gasteiger partial charge < -0.3 is 4.90 Å². The van der Waals surface area contributed by atoms with Crippen LogP contribution in [0, 0.1) is 16.7 Å². The van der Waals surface area contributed by atoms with Crippen molar-refractivity contribution < 1.29 is 0 Å². The summed E-state index contributed by atoms with van der Waals surface area (Å²) in [5.41, 5.74) is 1.17. The third-order valence-corrected chi connectivity index (χ3v) is 5.80. The molecule has 1 aliphatic carbocycles. The van der Waals surface area contributed by atoms with E-state index in [1.807, 2.05) is 0 Å². The molecule has 1 nitrogen and oxygen atoms in total. The molecule has 0 unspecified atom stereocenters. The molecule has 0 amide bonds. The third-order valence-electron chi connectivity index (χ3n) is 4.61. The van der Waals surface area contributed by atoms with Crippen LogP contribution in [0.5, 0.6) is 0 Å². The minimum absolute atomic E-state index is 0.513. The van der Waals surface area contributed by atoms with Gasteiger partial charge in [-0.3, -0.25) is 0 Å². The maximum Gasteiger partial charge on any atom is 0.0100 e. The van der Waals surface area contributed by atoms with Crippen LogP contribution >= 0.6 is 15.9 Å². The van der Waals surface area contributed by atoms with E-state index in [4.69, 9.17) is 0 Å². The molecule has 1 heterocycles. The van der Waals surface area contributed by atoms with Crippen molar-refractivity contribution in [3.05, 3.63) is 0 Å². The molecule has 16 heavy (non-hydrogen) atoms. The van der Waals surface area contributed by atoms with E-state index in [-0.39, 0.29) is 0 Å². The molecule has 2 rings (SSSR count). The molecule has 2 fully saturated rings. The molecule has 2 aliphatic rings. The fraction of sp³-hybridized carbons (Fsp3) is 1.00. The van der Waals surface area contributed by atoms with Gasteiger partial charge in [0.2, 0.25) is 0 Å². The van der Waals surface area contributed by atoms with Gasteiger partial charge in [-0.1, -0.05) is 36.7 Å². The molecular formula is C14H26BrN. The predicted octanol–water partition coefficient (Wildman–Crippen LogP) is 3.92. The smallest absolute Gasteiger partial charge is 0.0100 e. The summed E-state index contributed by atoms with van der Waals surface area (Å²) in [4.78, 5) is 2.70. The van der Waals surface area contributed by atoms with Crippen LogP contribution in [0.25, 0.3) is 0 Å². The minimum Gasteiger partial charge on any atom is -0.303 e. The summed E-state index contributed by atoms with van der Waals surface area (Å²) in [5.74, 6) is 0.933. The van der Waals surface area contributed by atoms with Gasteiger partial charge >= 0.3 is 0 Å². The van der Waals surface area contributed by atoms with Crippen molar-refractivity contribution in [2.24, 2.45) is 16.7 Å². The predicted molar refractivity (Wildman–Crippen MR) is 74.1 cm³/mol. The van der Waals surface area contributed by atoms with Gasteiger partial charge in [0.1, 0.15) is 0 Å². The Morgan fingerprint density at radius 1 is 1.19 bits per heavy atom. The van der Waals surface area contributed by atoms with Gasteiger partial charge in [0.15, 0.2) is 0 Å². The second-order valence-electron chi connectivity index (χ2n) is 7.05. The molecule has 0 N–H and O–H groups in total. The Balaban J connectivity index is 1.77. The van der Waals surface area contributed by atoms with Gasteiger partial charge in [0.05, 0.1) is 0 Å². The van der Waals surface area contributed by atoms with Crippen LogP contribution in [-0.4, -0.2) is 29.9 Å². The average molecular weight is 288 g/mol. The van der Waals surface area contributed by atoms with Crippen molar-refractivity contribution in [2.45, 2.75) is 46.5 Å². The van der Waals surface area contributed by atoms with Crippen LogP contribution in [0.15, 0.2) is 0 Å². The summed E-state index contributed by atoms with van der Waals surface area (Å²) in [6.45, 7) is 11.2. The average Bonchev–Trinajstić information content (AvgIpc) is 2.98. The topological polar surface area (TPSA) is 3.24 Å². The van der Waals surface area contributed by atoms with Crippen molar-refractivity contribution in [3.63, 3.8) is 0 Å². The SMILES string of the molecule is CC(C)(C)C1CCN(CC2(CBr)CC2)CC1. The van der Waals surface area contributed by atoms with Crippen LogP contribution in [0.1, 0.15) is 46.5 Å². The monoisotopic (exact) mass is 287 g/mol. The zero-order valence-corrected chi connectivity index (χ0v) is 12.6. The highest BCUT2D eigenvalue weighted by atomic mass is 79.9. The highest BCUT2D eigenvalue weighted by Gasteiger charge is 2.43. The molecule has 0 bridgehead atoms. The van der Waals surface area contributed by atoms with Gasteiger partial charge in [-0.05, 0) is 55.5 Å². The third kappa shape index (κ3) is 3.01. The molecule has 1 saturated heterocycles. The van der Waals surface area contributed by atoms with E-state index >= 15 is 0 Å². The van der Waals surface area contributed by atoms with Crippen molar-refractivity contribution in [3.8, 4) is 0 Å². The number of rotatable bonds is 3. The van der Waals surface area contributed by atoms with Crippen LogP contribution in [-0.2, 0) is 0 Å². The molecule has 0 atom stereocenters. The summed E-state index contributed by atoms with van der Waals surface area (Å²) in [5, 5.41) is 1.21. The number of hydrogen-bond acceptors (Lipinski definition) is 1. The standard InChI is InChI=1S/C14H26BrN/c1-13(2,3)12-4-8-16(9-5-12)11-14(10-15)6-7-14/h12H,4-11H2,1-3H3. The lowest BCUT2D eigenvalue weighted by molar-refractivity contribution is 0.100. The first-order valence-corrected chi connectivity index (χ1v) is 7.86. The molecule has 0 spiro atoms. The van der Waals surface area contributed by atoms with Crippen molar-refractivity contribution in [1.29, 1.82) is 0 Å². The van der Waals surface area contributed by atoms with Gasteiger partial charge in [-0.25, -0.2) is 0 Å². The molecule has 1 saturated carbocycles. The molecule has 1 aliphatic heterocycles. The van der Waals surface area contributed by atoms with Crippen molar-refractivity contribution in [2.75, 3.05) is 25.0 Å². The number of nitrogens with zero attached hydrogens (tertiary/aromatic N) is 1. The number of piperidine rings is 1. The fourth-order valence-electron chi connectivity index (χ4n) is 2.94. The summed E-state index contributed by atoms with van der Waals surface area (Å²) in [7, 11) is 0. The van der Waals surface area contributed by atoms with Crippen molar-refractivity contribution in [1.82, 2.24) is 4.90 Å². The van der Waals surface area contributed by atoms with E-state index in [1.54, 1.807) is 0 Å². The number of alkyl halides is 1. The number of hydrogen-bond donors (Lipinski definition) is 0. The normalized spacial score (nSPS) is 27.0. The molecule has 2 heteroatoms. The molecule has 94 valence electrons. The lowest BCUT2D eigenvalue weighted by atomic mass is 9.75. The lowest BCUT2D eigenvalue weighted by Gasteiger charge is -2.39. The highest BCUT2D eigenvalue weighted by Crippen LogP contribution is 2.48. The Hall–Kier alpha value is 0.440. The maximum absolute atomic E-state index is 3.68. The zero-order valence-electron chi connectivity index (χ0n) is 11.1. The maximum atomic E-state index is 3.68. The Kier molecular flexibility index (Phi) is 3.71. The number of likely N-dealkylation sites (tertiary alicyclic amines) is 1. The Morgan fingerprint density at radius 3 is 2.12 bits per heavy atom. The van der Waals surface area contributed by atoms with E-state index in [0.717, 1.165) is 5.92 Å². The van der Waals surface area contributed by atoms with Crippen LogP contribution in [0.3, 0.4) is 0 Å². The Bertz CT molecular complexity index is 232. The lowest BCUT2D eigenvalue weighted by Crippen LogP contribution is -2.41. The quantitative estimate of drug-likeness (QED) is 0.711. The van der Waals surface area contributed by atoms with Crippen LogP contribution < -0.4 is 0 Å². The summed E-state index contributed by atoms with van der Waals surface area (Å²) in [6.07, 6.45) is 5.69. The second kappa shape index (κ2) is 4.61. The Morgan fingerprint density at radius 2 is 1.75 bits per heavy atom. The van der Waals surface area contributed by atoms with E-state index in [0.29, 0.717) is 10.8 Å². The van der Waals surface area contributed by atoms with Crippen molar-refractivity contribution >= 4 is 15.9 Å². The van der Waals surface area contributed by atoms with Gasteiger partial charge in [-0.2, -0.15) is 0 Å². The van der Waals surface area contributed by atoms with E-state index < -0.39 is 0 Å². The zero-order chi connectivity index (χ0) is 11.8. The van der Waals surface area contributed by atoms with Gasteiger partial charge in [0.25, 0.3) is 0 Å². The largest absolute Gasteiger partial charge is 0.303 e. The number of halogens is 1. The van der Waals surface area contributed by atoms with E-state index in [9.17, 15) is 0 Å². The first-order valence-electron chi connectivity index (χ1n) is 6.74. The van der Waals surface area contributed by atoms with Gasteiger partial charge in [0, 0.05) is 11.9 Å². The summed E-state index contributed by atoms with van der Waals surface area (Å²) >= 11 is 3.68. The van der Waals surface area contributed by atoms with E-state index in [2.05, 4.69) is 41.6 Å². The highest BCUT2D eigenvalue weighted by molar-refractivity contribution is 9.09. The molecule has 0 aromatic heterocycles. The van der Waals surface area contributed by atoms with Gasteiger partial charge in [-0.15, -0.1) is 0 Å². The summed E-state index contributed by atoms with van der Waals surface area (Å²) in [6, 6.07) is 0. The fourth-order valence-corrected chi connectivity index (χ4v) is 3.68. The molecule has 0 radical (unpaired) electrons. The van der Waals surface area contributed by atoms with E-state index in [1.165, 1.54) is 50.6 Å². The van der Waals surface area contributed by atoms with Crippen LogP contribution in [0.2, 0.25) is 0 Å². The van der Waals surface area contributed by atoms with Crippen LogP contribution in [0.4, 0.5) is 0 Å². The first kappa shape index (κ1) is 12.9. The minimum atomic E-state index is 0.513. The summed E-state index contributed by atoms with van der Waals surface area (Å²) < 4.78 is 0. The molecule has 0 aromatic rings. The Labute approximate surface area is 109 Å². The molecular weight excluding hydrogens is 262 g/mol.